The molecular formula is C19H26IN3O2. The van der Waals surface area contributed by atoms with Gasteiger partial charge in [-0.05, 0) is 16.7 Å². The highest BCUT2D eigenvalue weighted by molar-refractivity contribution is 14.0. The van der Waals surface area contributed by atoms with Crippen LogP contribution in [0.25, 0.3) is 0 Å². The van der Waals surface area contributed by atoms with E-state index < -0.39 is 0 Å². The summed E-state index contributed by atoms with van der Waals surface area (Å²) < 4.78 is 10.8. The number of hydrogen-bond donors (Lipinski definition) is 2. The molecular weight excluding hydrogens is 429 g/mol. The van der Waals surface area contributed by atoms with Gasteiger partial charge in [0.1, 0.15) is 0 Å². The number of hydrogen-bond acceptors (Lipinski definition) is 3. The van der Waals surface area contributed by atoms with Crippen LogP contribution in [-0.2, 0) is 29.2 Å². The summed E-state index contributed by atoms with van der Waals surface area (Å²) >= 11 is 0. The number of rotatable bonds is 9. The minimum atomic E-state index is 0. The second-order valence-corrected chi connectivity index (χ2v) is 5.37. The molecule has 2 aromatic rings. The maximum Gasteiger partial charge on any atom is 0.188 e. The van der Waals surface area contributed by atoms with Gasteiger partial charge in [-0.1, -0.05) is 54.6 Å². The Morgan fingerprint density at radius 1 is 1.00 bits per heavy atom. The quantitative estimate of drug-likeness (QED) is 0.264. The van der Waals surface area contributed by atoms with Gasteiger partial charge >= 0.3 is 0 Å². The summed E-state index contributed by atoms with van der Waals surface area (Å²) in [5.74, 6) is 0.423. The van der Waals surface area contributed by atoms with Crippen molar-refractivity contribution >= 4 is 29.9 Å². The van der Waals surface area contributed by atoms with E-state index in [1.165, 1.54) is 5.56 Å². The molecule has 0 saturated heterocycles. The lowest BCUT2D eigenvalue weighted by molar-refractivity contribution is 0.106. The number of halogens is 1. The van der Waals surface area contributed by atoms with Gasteiger partial charge in [-0.25, -0.2) is 4.99 Å². The molecule has 0 radical (unpaired) electrons. The molecule has 0 aliphatic rings. The molecule has 0 atom stereocenters. The predicted molar refractivity (Wildman–Crippen MR) is 112 cm³/mol. The Hall–Kier alpha value is -1.64. The van der Waals surface area contributed by atoms with Crippen LogP contribution in [0.1, 0.15) is 16.7 Å². The molecule has 2 aromatic carbocycles. The fraction of sp³-hybridized carbons (Fsp3) is 0.316. The predicted octanol–water partition coefficient (Wildman–Crippen LogP) is 3.07. The van der Waals surface area contributed by atoms with E-state index in [0.717, 1.165) is 11.1 Å². The normalized spacial score (nSPS) is 11.0. The zero-order valence-electron chi connectivity index (χ0n) is 14.5. The van der Waals surface area contributed by atoms with Crippen LogP contribution in [0.5, 0.6) is 0 Å². The summed E-state index contributed by atoms with van der Waals surface area (Å²) in [4.78, 5) is 4.37. The van der Waals surface area contributed by atoms with E-state index in [2.05, 4.69) is 28.5 Å². The number of aliphatic imine (C=N–C) groups is 1. The molecule has 0 fully saturated rings. The lowest BCUT2D eigenvalue weighted by Gasteiger charge is -2.10. The molecule has 2 rings (SSSR count). The molecule has 0 amide bonds. The molecule has 25 heavy (non-hydrogen) atoms. The highest BCUT2D eigenvalue weighted by Crippen LogP contribution is 2.12. The molecule has 0 unspecified atom stereocenters. The van der Waals surface area contributed by atoms with Gasteiger partial charge in [0.2, 0.25) is 0 Å². The zero-order chi connectivity index (χ0) is 17.0. The summed E-state index contributed by atoms with van der Waals surface area (Å²) in [6.07, 6.45) is 0. The van der Waals surface area contributed by atoms with Crippen LogP contribution < -0.4 is 11.1 Å². The molecule has 0 spiro atoms. The number of methoxy groups -OCH3 is 1. The Balaban J connectivity index is 0.00000312. The molecule has 6 heteroatoms. The average molecular weight is 455 g/mol. The van der Waals surface area contributed by atoms with Crippen molar-refractivity contribution < 1.29 is 9.47 Å². The van der Waals surface area contributed by atoms with Crippen LogP contribution in [0, 0.1) is 0 Å². The van der Waals surface area contributed by atoms with Crippen LogP contribution >= 0.6 is 24.0 Å². The van der Waals surface area contributed by atoms with Crippen LogP contribution in [-0.4, -0.2) is 26.2 Å². The Morgan fingerprint density at radius 2 is 1.68 bits per heavy atom. The molecule has 0 aliphatic carbocycles. The molecule has 0 saturated carbocycles. The first-order valence-electron chi connectivity index (χ1n) is 8.01. The van der Waals surface area contributed by atoms with Gasteiger partial charge in [0.15, 0.2) is 5.96 Å². The van der Waals surface area contributed by atoms with E-state index in [-0.39, 0.29) is 24.0 Å². The monoisotopic (exact) mass is 455 g/mol. The molecule has 0 heterocycles. The minimum Gasteiger partial charge on any atom is -0.383 e. The molecule has 5 nitrogen and oxygen atoms in total. The highest BCUT2D eigenvalue weighted by Gasteiger charge is 2.02. The van der Waals surface area contributed by atoms with Crippen molar-refractivity contribution in [2.24, 2.45) is 10.7 Å². The number of nitrogens with zero attached hydrogens (tertiary/aromatic N) is 1. The maximum absolute atomic E-state index is 5.84. The van der Waals surface area contributed by atoms with Gasteiger partial charge in [0.05, 0.1) is 26.4 Å². The third-order valence-electron chi connectivity index (χ3n) is 3.52. The van der Waals surface area contributed by atoms with E-state index in [1.807, 2.05) is 36.4 Å². The second-order valence-electron chi connectivity index (χ2n) is 5.37. The number of nitrogens with one attached hydrogen (secondary N) is 1. The second kappa shape index (κ2) is 12.7. The molecule has 0 aliphatic heterocycles. The van der Waals surface area contributed by atoms with Crippen molar-refractivity contribution in [3.8, 4) is 0 Å². The average Bonchev–Trinajstić information content (AvgIpc) is 2.62. The van der Waals surface area contributed by atoms with Gasteiger partial charge in [-0.3, -0.25) is 0 Å². The lowest BCUT2D eigenvalue weighted by atomic mass is 10.1. The fourth-order valence-electron chi connectivity index (χ4n) is 2.21. The third-order valence-corrected chi connectivity index (χ3v) is 3.52. The summed E-state index contributed by atoms with van der Waals surface area (Å²) in [7, 11) is 1.65. The van der Waals surface area contributed by atoms with Crippen LogP contribution in [0.3, 0.4) is 0 Å². The van der Waals surface area contributed by atoms with Gasteiger partial charge < -0.3 is 20.5 Å². The van der Waals surface area contributed by atoms with E-state index in [9.17, 15) is 0 Å². The lowest BCUT2D eigenvalue weighted by Crippen LogP contribution is -2.34. The number of benzene rings is 2. The Morgan fingerprint density at radius 3 is 2.40 bits per heavy atom. The Kier molecular flexibility index (Phi) is 10.9. The van der Waals surface area contributed by atoms with E-state index >= 15 is 0 Å². The minimum absolute atomic E-state index is 0. The SMILES string of the molecule is COCCNC(N)=NCc1ccccc1COCc1ccccc1.I. The van der Waals surface area contributed by atoms with Crippen LogP contribution in [0.2, 0.25) is 0 Å². The summed E-state index contributed by atoms with van der Waals surface area (Å²) in [6, 6.07) is 18.3. The van der Waals surface area contributed by atoms with E-state index in [1.54, 1.807) is 7.11 Å². The standard InChI is InChI=1S/C19H25N3O2.HI/c1-23-12-11-21-19(20)22-13-17-9-5-6-10-18(17)15-24-14-16-7-3-2-4-8-16;/h2-10H,11-15H2,1H3,(H3,20,21,22);1H. The smallest absolute Gasteiger partial charge is 0.188 e. The molecule has 3 N–H and O–H groups in total. The number of guanidine groups is 1. The first-order valence-corrected chi connectivity index (χ1v) is 8.01. The summed E-state index contributed by atoms with van der Waals surface area (Å²) in [6.45, 7) is 2.92. The Bertz CT molecular complexity index is 636. The highest BCUT2D eigenvalue weighted by atomic mass is 127. The third kappa shape index (κ3) is 8.33. The first-order chi connectivity index (χ1) is 11.8. The van der Waals surface area contributed by atoms with Gasteiger partial charge in [-0.15, -0.1) is 24.0 Å². The van der Waals surface area contributed by atoms with Gasteiger partial charge in [0.25, 0.3) is 0 Å². The van der Waals surface area contributed by atoms with Crippen LogP contribution in [0.15, 0.2) is 59.6 Å². The van der Waals surface area contributed by atoms with Crippen molar-refractivity contribution in [3.63, 3.8) is 0 Å². The van der Waals surface area contributed by atoms with Gasteiger partial charge in [0, 0.05) is 13.7 Å². The number of ether oxygens (including phenoxy) is 2. The van der Waals surface area contributed by atoms with Crippen molar-refractivity contribution in [1.82, 2.24) is 5.32 Å². The fourth-order valence-corrected chi connectivity index (χ4v) is 2.21. The Labute approximate surface area is 166 Å². The molecule has 0 bridgehead atoms. The largest absolute Gasteiger partial charge is 0.383 e. The zero-order valence-corrected chi connectivity index (χ0v) is 16.8. The molecule has 136 valence electrons. The van der Waals surface area contributed by atoms with Crippen molar-refractivity contribution in [3.05, 3.63) is 71.3 Å². The summed E-state index contributed by atoms with van der Waals surface area (Å²) in [5.41, 5.74) is 9.25. The van der Waals surface area contributed by atoms with E-state index in [4.69, 9.17) is 15.2 Å². The topological polar surface area (TPSA) is 68.9 Å². The van der Waals surface area contributed by atoms with E-state index in [0.29, 0.717) is 38.9 Å². The van der Waals surface area contributed by atoms with Gasteiger partial charge in [-0.2, -0.15) is 0 Å². The number of nitrogens with two attached hydrogens (primary N) is 1. The molecule has 0 aromatic heterocycles. The van der Waals surface area contributed by atoms with Crippen LogP contribution in [0.4, 0.5) is 0 Å². The first kappa shape index (κ1) is 21.4. The van der Waals surface area contributed by atoms with Crippen molar-refractivity contribution in [2.75, 3.05) is 20.3 Å². The summed E-state index contributed by atoms with van der Waals surface area (Å²) in [5, 5.41) is 3.01. The maximum atomic E-state index is 5.84. The van der Waals surface area contributed by atoms with Crippen molar-refractivity contribution in [2.45, 2.75) is 19.8 Å². The van der Waals surface area contributed by atoms with Crippen molar-refractivity contribution in [1.29, 1.82) is 0 Å².